The zero-order chi connectivity index (χ0) is 10.1. The Kier molecular flexibility index (Phi) is 2.91. The lowest BCUT2D eigenvalue weighted by atomic mass is 10.2. The molecule has 0 atom stereocenters. The maximum atomic E-state index is 11.0. The molecule has 0 aromatic heterocycles. The van der Waals surface area contributed by atoms with Crippen LogP contribution < -0.4 is 0 Å². The van der Waals surface area contributed by atoms with E-state index >= 15 is 0 Å². The monoisotopic (exact) mass is 194 g/mol. The van der Waals surface area contributed by atoms with Gasteiger partial charge in [0.25, 0.3) is 0 Å². The molecule has 13 heavy (non-hydrogen) atoms. The molecule has 0 aromatic rings. The quantitative estimate of drug-likeness (QED) is 0.617. The predicted molar refractivity (Wildman–Crippen MR) is 59.4 cm³/mol. The van der Waals surface area contributed by atoms with Crippen LogP contribution in [0.15, 0.2) is 22.9 Å². The van der Waals surface area contributed by atoms with Crippen molar-refractivity contribution in [1.29, 1.82) is 0 Å². The molecule has 0 saturated carbocycles. The second-order valence-corrected chi connectivity index (χ2v) is 10.1. The summed E-state index contributed by atoms with van der Waals surface area (Å²) in [5.74, 6) is 0.287. The van der Waals surface area contributed by atoms with Crippen LogP contribution in [0.1, 0.15) is 19.8 Å². The van der Waals surface area contributed by atoms with Crippen molar-refractivity contribution in [3.63, 3.8) is 0 Å². The van der Waals surface area contributed by atoms with Crippen LogP contribution in [0, 0.1) is 0 Å². The molecule has 0 unspecified atom stereocenters. The highest BCUT2D eigenvalue weighted by Crippen LogP contribution is 2.21. The van der Waals surface area contributed by atoms with E-state index < -0.39 is 8.07 Å². The lowest BCUT2D eigenvalue weighted by Gasteiger charge is -2.16. The Morgan fingerprint density at radius 3 is 2.38 bits per heavy atom. The van der Waals surface area contributed by atoms with Gasteiger partial charge in [-0.15, -0.1) is 0 Å². The lowest BCUT2D eigenvalue weighted by Crippen LogP contribution is -2.21. The number of hydrogen-bond donors (Lipinski definition) is 0. The zero-order valence-corrected chi connectivity index (χ0v) is 9.98. The number of carbonyl (C=O) groups is 1. The molecule has 0 N–H and O–H groups in total. The summed E-state index contributed by atoms with van der Waals surface area (Å²) in [5.41, 5.74) is 1.23. The minimum Gasteiger partial charge on any atom is -0.295 e. The van der Waals surface area contributed by atoms with Crippen molar-refractivity contribution in [2.45, 2.75) is 39.4 Å². The van der Waals surface area contributed by atoms with E-state index in [1.165, 1.54) is 10.8 Å². The number of hydrogen-bond acceptors (Lipinski definition) is 1. The van der Waals surface area contributed by atoms with Crippen LogP contribution in [0.3, 0.4) is 0 Å². The third kappa shape index (κ3) is 2.96. The summed E-state index contributed by atoms with van der Waals surface area (Å²) in [7, 11) is -1.14. The largest absolute Gasteiger partial charge is 0.295 e. The van der Waals surface area contributed by atoms with Crippen LogP contribution in [0.25, 0.3) is 0 Å². The normalized spacial score (nSPS) is 19.2. The zero-order valence-electron chi connectivity index (χ0n) is 8.98. The molecule has 0 fully saturated rings. The highest BCUT2D eigenvalue weighted by atomic mass is 28.3. The van der Waals surface area contributed by atoms with Crippen molar-refractivity contribution in [3.8, 4) is 0 Å². The third-order valence-corrected chi connectivity index (χ3v) is 5.10. The van der Waals surface area contributed by atoms with E-state index in [1.807, 2.05) is 0 Å². The third-order valence-electron chi connectivity index (χ3n) is 2.59. The SMILES string of the molecule is C/C(=C\C1=CC(=O)CC1)[Si](C)(C)C. The van der Waals surface area contributed by atoms with Crippen LogP contribution in [-0.2, 0) is 4.79 Å². The van der Waals surface area contributed by atoms with E-state index in [-0.39, 0.29) is 5.78 Å². The average Bonchev–Trinajstić information content (AvgIpc) is 2.33. The first-order chi connectivity index (χ1) is 5.89. The van der Waals surface area contributed by atoms with Gasteiger partial charge in [0.1, 0.15) is 0 Å². The van der Waals surface area contributed by atoms with Gasteiger partial charge in [0.2, 0.25) is 0 Å². The molecule has 0 spiro atoms. The first-order valence-corrected chi connectivity index (χ1v) is 8.32. The Hall–Kier alpha value is -0.633. The Morgan fingerprint density at radius 1 is 1.38 bits per heavy atom. The standard InChI is InChI=1S/C11H18OSi/c1-9(13(2,3)4)7-10-5-6-11(12)8-10/h7-8H,5-6H2,1-4H3/b9-7+. The van der Waals surface area contributed by atoms with Gasteiger partial charge in [0.05, 0.1) is 8.07 Å². The van der Waals surface area contributed by atoms with Crippen molar-refractivity contribution in [2.24, 2.45) is 0 Å². The molecule has 0 aliphatic heterocycles. The molecule has 72 valence electrons. The molecule has 1 rings (SSSR count). The van der Waals surface area contributed by atoms with Gasteiger partial charge in [-0.1, -0.05) is 30.9 Å². The van der Waals surface area contributed by atoms with Gasteiger partial charge in [-0.3, -0.25) is 4.79 Å². The molecule has 1 aliphatic rings. The predicted octanol–water partition coefficient (Wildman–Crippen LogP) is 3.10. The van der Waals surface area contributed by atoms with Gasteiger partial charge >= 0.3 is 0 Å². The second kappa shape index (κ2) is 3.62. The van der Waals surface area contributed by atoms with Gasteiger partial charge in [-0.05, 0) is 25.0 Å². The Balaban J connectivity index is 2.77. The number of carbonyl (C=O) groups excluding carboxylic acids is 1. The maximum Gasteiger partial charge on any atom is 0.156 e. The molecule has 0 amide bonds. The Bertz CT molecular complexity index is 279. The van der Waals surface area contributed by atoms with Gasteiger partial charge in [-0.2, -0.15) is 0 Å². The first kappa shape index (κ1) is 10.4. The van der Waals surface area contributed by atoms with Crippen molar-refractivity contribution in [3.05, 3.63) is 22.9 Å². The van der Waals surface area contributed by atoms with Crippen LogP contribution in [-0.4, -0.2) is 13.9 Å². The first-order valence-electron chi connectivity index (χ1n) is 4.82. The summed E-state index contributed by atoms with van der Waals surface area (Å²) < 4.78 is 0. The lowest BCUT2D eigenvalue weighted by molar-refractivity contribution is -0.114. The number of rotatable bonds is 2. The second-order valence-electron chi connectivity index (χ2n) is 4.76. The van der Waals surface area contributed by atoms with Gasteiger partial charge in [0.15, 0.2) is 5.78 Å². The average molecular weight is 194 g/mol. The van der Waals surface area contributed by atoms with E-state index in [0.29, 0.717) is 6.42 Å². The van der Waals surface area contributed by atoms with E-state index in [0.717, 1.165) is 6.42 Å². The molecule has 0 aromatic carbocycles. The fourth-order valence-electron chi connectivity index (χ4n) is 1.23. The van der Waals surface area contributed by atoms with Gasteiger partial charge < -0.3 is 0 Å². The van der Waals surface area contributed by atoms with Gasteiger partial charge in [0, 0.05) is 6.42 Å². The highest BCUT2D eigenvalue weighted by molar-refractivity contribution is 6.83. The topological polar surface area (TPSA) is 17.1 Å². The van der Waals surface area contributed by atoms with E-state index in [9.17, 15) is 4.79 Å². The molecule has 2 heteroatoms. The minimum absolute atomic E-state index is 0.287. The molecule has 0 saturated heterocycles. The highest BCUT2D eigenvalue weighted by Gasteiger charge is 2.17. The van der Waals surface area contributed by atoms with Crippen molar-refractivity contribution < 1.29 is 4.79 Å². The van der Waals surface area contributed by atoms with E-state index in [1.54, 1.807) is 6.08 Å². The fraction of sp³-hybridized carbons (Fsp3) is 0.545. The summed E-state index contributed by atoms with van der Waals surface area (Å²) in [6.07, 6.45) is 5.67. The summed E-state index contributed by atoms with van der Waals surface area (Å²) in [5, 5.41) is 1.48. The summed E-state index contributed by atoms with van der Waals surface area (Å²) >= 11 is 0. The van der Waals surface area contributed by atoms with Crippen molar-refractivity contribution in [2.75, 3.05) is 0 Å². The summed E-state index contributed by atoms with van der Waals surface area (Å²) in [4.78, 5) is 11.0. The molecule has 1 aliphatic carbocycles. The number of ketones is 1. The molecule has 0 bridgehead atoms. The summed E-state index contributed by atoms with van der Waals surface area (Å²) in [6, 6.07) is 0. The van der Waals surface area contributed by atoms with Crippen molar-refractivity contribution >= 4 is 13.9 Å². The molecule has 0 radical (unpaired) electrons. The molecule has 1 nitrogen and oxygen atoms in total. The van der Waals surface area contributed by atoms with Crippen LogP contribution in [0.2, 0.25) is 19.6 Å². The van der Waals surface area contributed by atoms with Crippen LogP contribution in [0.5, 0.6) is 0 Å². The smallest absolute Gasteiger partial charge is 0.156 e. The Morgan fingerprint density at radius 2 is 2.00 bits per heavy atom. The Labute approximate surface area is 81.5 Å². The van der Waals surface area contributed by atoms with Crippen LogP contribution in [0.4, 0.5) is 0 Å². The van der Waals surface area contributed by atoms with Crippen LogP contribution >= 0.6 is 0 Å². The van der Waals surface area contributed by atoms with Crippen molar-refractivity contribution in [1.82, 2.24) is 0 Å². The number of allylic oxidation sites excluding steroid dienone is 4. The van der Waals surface area contributed by atoms with E-state index in [4.69, 9.17) is 0 Å². The molecular weight excluding hydrogens is 176 g/mol. The minimum atomic E-state index is -1.14. The van der Waals surface area contributed by atoms with E-state index in [2.05, 4.69) is 32.6 Å². The summed E-state index contributed by atoms with van der Waals surface area (Å²) in [6.45, 7) is 9.18. The molecule has 0 heterocycles. The molecular formula is C11H18OSi. The van der Waals surface area contributed by atoms with Gasteiger partial charge in [-0.25, -0.2) is 0 Å². The fourth-order valence-corrected chi connectivity index (χ4v) is 1.85. The maximum absolute atomic E-state index is 11.0.